The molecule has 0 saturated carbocycles. The first-order chi connectivity index (χ1) is 5.74. The van der Waals surface area contributed by atoms with Gasteiger partial charge in [-0.2, -0.15) is 0 Å². The van der Waals surface area contributed by atoms with E-state index in [0.29, 0.717) is 12.0 Å². The van der Waals surface area contributed by atoms with Gasteiger partial charge in [-0.15, -0.1) is 6.58 Å². The topological polar surface area (TPSA) is 29.5 Å². The number of aliphatic hydroxyl groups is 1. The van der Waals surface area contributed by atoms with Crippen LogP contribution < -0.4 is 0 Å². The lowest BCUT2D eigenvalue weighted by molar-refractivity contribution is 0.0762. The van der Waals surface area contributed by atoms with Crippen LogP contribution in [0.2, 0.25) is 0 Å². The van der Waals surface area contributed by atoms with Gasteiger partial charge in [0.25, 0.3) is 0 Å². The summed E-state index contributed by atoms with van der Waals surface area (Å²) in [5.41, 5.74) is 0. The van der Waals surface area contributed by atoms with Crippen molar-refractivity contribution in [3.05, 3.63) is 12.7 Å². The first kappa shape index (κ1) is 9.75. The Balaban J connectivity index is 2.22. The molecule has 12 heavy (non-hydrogen) atoms. The van der Waals surface area contributed by atoms with E-state index in [1.165, 1.54) is 0 Å². The average molecular weight is 170 g/mol. The van der Waals surface area contributed by atoms with Gasteiger partial charge in [0.2, 0.25) is 0 Å². The summed E-state index contributed by atoms with van der Waals surface area (Å²) in [5.74, 6) is 0.347. The molecule has 0 aliphatic carbocycles. The summed E-state index contributed by atoms with van der Waals surface area (Å²) in [4.78, 5) is 0. The highest BCUT2D eigenvalue weighted by atomic mass is 16.5. The minimum Gasteiger partial charge on any atom is -0.393 e. The third-order valence-electron chi connectivity index (χ3n) is 2.44. The standard InChI is InChI=1S/C10H18O2/c1-3-4-5-10(11)9-6-8(2)12-7-9/h3,8-11H,1,4-7H2,2H3. The Morgan fingerprint density at radius 2 is 2.50 bits per heavy atom. The SMILES string of the molecule is C=CCCC(O)C1COC(C)C1. The Bertz CT molecular complexity index is 145. The zero-order valence-corrected chi connectivity index (χ0v) is 7.70. The third kappa shape index (κ3) is 2.61. The maximum atomic E-state index is 9.67. The summed E-state index contributed by atoms with van der Waals surface area (Å²) in [6.45, 7) is 6.41. The molecule has 0 aromatic rings. The highest BCUT2D eigenvalue weighted by molar-refractivity contribution is 4.79. The van der Waals surface area contributed by atoms with Crippen LogP contribution in [0.5, 0.6) is 0 Å². The Morgan fingerprint density at radius 3 is 3.00 bits per heavy atom. The Morgan fingerprint density at radius 1 is 1.75 bits per heavy atom. The highest BCUT2D eigenvalue weighted by Gasteiger charge is 2.27. The molecule has 1 N–H and O–H groups in total. The van der Waals surface area contributed by atoms with Crippen LogP contribution in [0.4, 0.5) is 0 Å². The van der Waals surface area contributed by atoms with E-state index in [1.807, 2.05) is 6.08 Å². The van der Waals surface area contributed by atoms with E-state index in [-0.39, 0.29) is 6.10 Å². The third-order valence-corrected chi connectivity index (χ3v) is 2.44. The van der Waals surface area contributed by atoms with Crippen molar-refractivity contribution in [2.24, 2.45) is 5.92 Å². The van der Waals surface area contributed by atoms with Crippen molar-refractivity contribution in [1.29, 1.82) is 0 Å². The number of hydrogen-bond donors (Lipinski definition) is 1. The minimum atomic E-state index is -0.201. The molecule has 1 heterocycles. The summed E-state index contributed by atoms with van der Waals surface area (Å²) < 4.78 is 5.38. The lowest BCUT2D eigenvalue weighted by Crippen LogP contribution is -2.20. The second-order valence-corrected chi connectivity index (χ2v) is 3.57. The smallest absolute Gasteiger partial charge is 0.0594 e. The number of ether oxygens (including phenoxy) is 1. The van der Waals surface area contributed by atoms with Crippen molar-refractivity contribution in [3.8, 4) is 0 Å². The first-order valence-electron chi connectivity index (χ1n) is 4.64. The largest absolute Gasteiger partial charge is 0.393 e. The second-order valence-electron chi connectivity index (χ2n) is 3.57. The quantitative estimate of drug-likeness (QED) is 0.651. The predicted octanol–water partition coefficient (Wildman–Crippen LogP) is 1.74. The van der Waals surface area contributed by atoms with Crippen LogP contribution in [0, 0.1) is 5.92 Å². The summed E-state index contributed by atoms with van der Waals surface area (Å²) >= 11 is 0. The highest BCUT2D eigenvalue weighted by Crippen LogP contribution is 2.24. The molecular weight excluding hydrogens is 152 g/mol. The van der Waals surface area contributed by atoms with Gasteiger partial charge in [-0.3, -0.25) is 0 Å². The summed E-state index contributed by atoms with van der Waals surface area (Å²) in [7, 11) is 0. The predicted molar refractivity (Wildman–Crippen MR) is 49.0 cm³/mol. The zero-order chi connectivity index (χ0) is 8.97. The molecule has 0 bridgehead atoms. The molecule has 70 valence electrons. The maximum Gasteiger partial charge on any atom is 0.0594 e. The summed E-state index contributed by atoms with van der Waals surface area (Å²) in [5, 5.41) is 9.67. The van der Waals surface area contributed by atoms with Gasteiger partial charge in [-0.05, 0) is 26.2 Å². The summed E-state index contributed by atoms with van der Waals surface area (Å²) in [6.07, 6.45) is 4.69. The molecule has 0 aromatic heterocycles. The monoisotopic (exact) mass is 170 g/mol. The van der Waals surface area contributed by atoms with E-state index in [2.05, 4.69) is 13.5 Å². The first-order valence-corrected chi connectivity index (χ1v) is 4.64. The lowest BCUT2D eigenvalue weighted by atomic mass is 9.96. The van der Waals surface area contributed by atoms with Crippen LogP contribution >= 0.6 is 0 Å². The van der Waals surface area contributed by atoms with Gasteiger partial charge in [0.15, 0.2) is 0 Å². The molecule has 1 aliphatic heterocycles. The Hall–Kier alpha value is -0.340. The number of hydrogen-bond acceptors (Lipinski definition) is 2. The fourth-order valence-corrected chi connectivity index (χ4v) is 1.64. The number of rotatable bonds is 4. The van der Waals surface area contributed by atoms with Gasteiger partial charge >= 0.3 is 0 Å². The van der Waals surface area contributed by atoms with Crippen molar-refractivity contribution in [1.82, 2.24) is 0 Å². The fraction of sp³-hybridized carbons (Fsp3) is 0.800. The molecular formula is C10H18O2. The van der Waals surface area contributed by atoms with Gasteiger partial charge in [0.1, 0.15) is 0 Å². The van der Waals surface area contributed by atoms with E-state index in [1.54, 1.807) is 0 Å². The minimum absolute atomic E-state index is 0.201. The Kier molecular flexibility index (Phi) is 3.76. The van der Waals surface area contributed by atoms with Crippen molar-refractivity contribution in [3.63, 3.8) is 0 Å². The molecule has 2 nitrogen and oxygen atoms in total. The van der Waals surface area contributed by atoms with Gasteiger partial charge in [0.05, 0.1) is 18.8 Å². The van der Waals surface area contributed by atoms with Crippen LogP contribution in [0.25, 0.3) is 0 Å². The van der Waals surface area contributed by atoms with Gasteiger partial charge in [-0.1, -0.05) is 6.08 Å². The zero-order valence-electron chi connectivity index (χ0n) is 7.70. The lowest BCUT2D eigenvalue weighted by Gasteiger charge is -2.14. The molecule has 3 unspecified atom stereocenters. The molecule has 0 radical (unpaired) electrons. The van der Waals surface area contributed by atoms with Crippen molar-refractivity contribution in [2.75, 3.05) is 6.61 Å². The van der Waals surface area contributed by atoms with E-state index < -0.39 is 0 Å². The van der Waals surface area contributed by atoms with Crippen LogP contribution in [0.15, 0.2) is 12.7 Å². The normalized spacial score (nSPS) is 31.8. The summed E-state index contributed by atoms with van der Waals surface area (Å²) in [6, 6.07) is 0. The molecule has 1 fully saturated rings. The van der Waals surface area contributed by atoms with Crippen molar-refractivity contribution < 1.29 is 9.84 Å². The number of aliphatic hydroxyl groups excluding tert-OH is 1. The average Bonchev–Trinajstić information content (AvgIpc) is 2.47. The molecule has 2 heteroatoms. The second kappa shape index (κ2) is 4.63. The molecule has 1 aliphatic rings. The molecule has 1 rings (SSSR count). The van der Waals surface area contributed by atoms with E-state index in [9.17, 15) is 5.11 Å². The van der Waals surface area contributed by atoms with E-state index in [4.69, 9.17) is 4.74 Å². The molecule has 1 saturated heterocycles. The molecule has 3 atom stereocenters. The maximum absolute atomic E-state index is 9.67. The Labute approximate surface area is 74.2 Å². The van der Waals surface area contributed by atoms with Crippen molar-refractivity contribution >= 4 is 0 Å². The van der Waals surface area contributed by atoms with Gasteiger partial charge in [0, 0.05) is 5.92 Å². The molecule has 0 spiro atoms. The van der Waals surface area contributed by atoms with Gasteiger partial charge < -0.3 is 9.84 Å². The number of allylic oxidation sites excluding steroid dienone is 1. The van der Waals surface area contributed by atoms with Crippen molar-refractivity contribution in [2.45, 2.75) is 38.4 Å². The van der Waals surface area contributed by atoms with Crippen LogP contribution in [0.3, 0.4) is 0 Å². The van der Waals surface area contributed by atoms with E-state index in [0.717, 1.165) is 25.9 Å². The van der Waals surface area contributed by atoms with Crippen LogP contribution in [-0.4, -0.2) is 23.9 Å². The van der Waals surface area contributed by atoms with Gasteiger partial charge in [-0.25, -0.2) is 0 Å². The molecule has 0 aromatic carbocycles. The van der Waals surface area contributed by atoms with Crippen LogP contribution in [-0.2, 0) is 4.74 Å². The van der Waals surface area contributed by atoms with Crippen LogP contribution in [0.1, 0.15) is 26.2 Å². The fourth-order valence-electron chi connectivity index (χ4n) is 1.64. The van der Waals surface area contributed by atoms with E-state index >= 15 is 0 Å². The molecule has 0 amide bonds.